The number of nitrogens with zero attached hydrogens (tertiary/aromatic N) is 3. The van der Waals surface area contributed by atoms with E-state index in [1.54, 1.807) is 6.08 Å². The molecule has 0 aromatic carbocycles. The van der Waals surface area contributed by atoms with Gasteiger partial charge in [-0.2, -0.15) is 5.10 Å². The van der Waals surface area contributed by atoms with Gasteiger partial charge < -0.3 is 4.98 Å². The molecule has 20 heavy (non-hydrogen) atoms. The Bertz CT molecular complexity index is 679. The molecule has 5 heteroatoms. The smallest absolute Gasteiger partial charge is 0.251 e. The topological polar surface area (TPSA) is 63.6 Å². The molecule has 0 spiro atoms. The molecule has 0 aliphatic heterocycles. The number of rotatable bonds is 4. The molecule has 0 atom stereocenters. The second-order valence-electron chi connectivity index (χ2n) is 5.40. The molecule has 1 fully saturated rings. The van der Waals surface area contributed by atoms with Crippen LogP contribution in [0.2, 0.25) is 0 Å². The minimum atomic E-state index is -0.127. The highest BCUT2D eigenvalue weighted by atomic mass is 16.1. The van der Waals surface area contributed by atoms with E-state index in [0.717, 1.165) is 18.0 Å². The van der Waals surface area contributed by atoms with Gasteiger partial charge in [-0.25, -0.2) is 4.98 Å². The summed E-state index contributed by atoms with van der Waals surface area (Å²) in [4.78, 5) is 18.3. The van der Waals surface area contributed by atoms with Gasteiger partial charge in [0.2, 0.25) is 0 Å². The largest absolute Gasteiger partial charge is 0.307 e. The first kappa shape index (κ1) is 12.8. The third kappa shape index (κ3) is 3.04. The van der Waals surface area contributed by atoms with Crippen LogP contribution in [0.4, 0.5) is 0 Å². The zero-order valence-corrected chi connectivity index (χ0v) is 11.5. The molecule has 0 bridgehead atoms. The van der Waals surface area contributed by atoms with Crippen molar-refractivity contribution in [2.45, 2.75) is 32.7 Å². The Kier molecular flexibility index (Phi) is 3.50. The van der Waals surface area contributed by atoms with Crippen LogP contribution in [-0.2, 0) is 6.54 Å². The Morgan fingerprint density at radius 1 is 1.45 bits per heavy atom. The third-order valence-electron chi connectivity index (χ3n) is 3.64. The zero-order chi connectivity index (χ0) is 13.9. The lowest BCUT2D eigenvalue weighted by Gasteiger charge is -2.24. The van der Waals surface area contributed by atoms with Gasteiger partial charge in [-0.05, 0) is 37.8 Å². The van der Waals surface area contributed by atoms with Crippen molar-refractivity contribution in [1.82, 2.24) is 19.7 Å². The Morgan fingerprint density at radius 2 is 2.30 bits per heavy atom. The van der Waals surface area contributed by atoms with E-state index in [1.165, 1.54) is 25.3 Å². The Balaban J connectivity index is 1.70. The quantitative estimate of drug-likeness (QED) is 0.926. The van der Waals surface area contributed by atoms with Crippen LogP contribution in [0.1, 0.15) is 36.3 Å². The first-order chi connectivity index (χ1) is 9.69. The zero-order valence-electron chi connectivity index (χ0n) is 11.5. The summed E-state index contributed by atoms with van der Waals surface area (Å²) >= 11 is 0. The van der Waals surface area contributed by atoms with Gasteiger partial charge >= 0.3 is 0 Å². The summed E-state index contributed by atoms with van der Waals surface area (Å²) in [5.74, 6) is 1.36. The third-order valence-corrected chi connectivity index (χ3v) is 3.64. The van der Waals surface area contributed by atoms with Crippen molar-refractivity contribution in [2.24, 2.45) is 5.92 Å². The number of aromatic amines is 1. The summed E-state index contributed by atoms with van der Waals surface area (Å²) < 4.78 is 2.00. The Labute approximate surface area is 117 Å². The summed E-state index contributed by atoms with van der Waals surface area (Å²) in [6.07, 6.45) is 11.6. The van der Waals surface area contributed by atoms with Gasteiger partial charge in [0.15, 0.2) is 0 Å². The molecule has 1 aliphatic carbocycles. The molecule has 0 amide bonds. The van der Waals surface area contributed by atoms with Gasteiger partial charge in [0.05, 0.1) is 6.20 Å². The molecule has 2 heterocycles. The molecular formula is C15H18N4O. The first-order valence-corrected chi connectivity index (χ1v) is 6.97. The fraction of sp³-hybridized carbons (Fsp3) is 0.400. The van der Waals surface area contributed by atoms with E-state index in [9.17, 15) is 4.79 Å². The maximum atomic E-state index is 11.3. The predicted octanol–water partition coefficient (Wildman–Crippen LogP) is 2.25. The van der Waals surface area contributed by atoms with Crippen LogP contribution in [-0.4, -0.2) is 19.7 Å². The molecule has 2 aromatic heterocycles. The van der Waals surface area contributed by atoms with Gasteiger partial charge in [0.1, 0.15) is 5.82 Å². The van der Waals surface area contributed by atoms with Crippen LogP contribution in [0.25, 0.3) is 12.2 Å². The Morgan fingerprint density at radius 3 is 3.00 bits per heavy atom. The summed E-state index contributed by atoms with van der Waals surface area (Å²) in [5.41, 5.74) is 1.61. The number of nitrogens with one attached hydrogen (secondary N) is 1. The van der Waals surface area contributed by atoms with E-state index in [0.29, 0.717) is 11.5 Å². The molecule has 5 nitrogen and oxygen atoms in total. The molecule has 2 aromatic rings. The van der Waals surface area contributed by atoms with Gasteiger partial charge in [-0.15, -0.1) is 0 Å². The lowest BCUT2D eigenvalue weighted by atomic mass is 9.85. The summed E-state index contributed by atoms with van der Waals surface area (Å²) in [7, 11) is 0. The van der Waals surface area contributed by atoms with Crippen molar-refractivity contribution in [2.75, 3.05) is 0 Å². The standard InChI is InChI=1S/C15H18N4O/c1-11-7-15(20)18-14(17-11)6-5-13-8-16-19(10-13)9-12-3-2-4-12/h5-8,10,12H,2-4,9H2,1H3,(H,17,18,20)/b6-5+. The summed E-state index contributed by atoms with van der Waals surface area (Å²) in [5, 5.41) is 4.36. The lowest BCUT2D eigenvalue weighted by molar-refractivity contribution is 0.266. The minimum absolute atomic E-state index is 0.127. The van der Waals surface area contributed by atoms with E-state index >= 15 is 0 Å². The van der Waals surface area contributed by atoms with E-state index < -0.39 is 0 Å². The van der Waals surface area contributed by atoms with Crippen molar-refractivity contribution >= 4 is 12.2 Å². The molecule has 0 radical (unpaired) electrons. The van der Waals surface area contributed by atoms with Crippen molar-refractivity contribution in [3.63, 3.8) is 0 Å². The van der Waals surface area contributed by atoms with Crippen LogP contribution < -0.4 is 5.56 Å². The maximum absolute atomic E-state index is 11.3. The lowest BCUT2D eigenvalue weighted by Crippen LogP contribution is -2.18. The summed E-state index contributed by atoms with van der Waals surface area (Å²) in [6, 6.07) is 1.48. The van der Waals surface area contributed by atoms with Crippen LogP contribution in [0.15, 0.2) is 23.3 Å². The van der Waals surface area contributed by atoms with Crippen molar-refractivity contribution < 1.29 is 0 Å². The molecular weight excluding hydrogens is 252 g/mol. The van der Waals surface area contributed by atoms with Gasteiger partial charge in [0, 0.05) is 30.1 Å². The highest BCUT2D eigenvalue weighted by Crippen LogP contribution is 2.27. The van der Waals surface area contributed by atoms with Crippen LogP contribution in [0.5, 0.6) is 0 Å². The predicted molar refractivity (Wildman–Crippen MR) is 78.1 cm³/mol. The molecule has 1 aliphatic rings. The van der Waals surface area contributed by atoms with Crippen molar-refractivity contribution in [3.8, 4) is 0 Å². The van der Waals surface area contributed by atoms with Crippen LogP contribution in [0.3, 0.4) is 0 Å². The van der Waals surface area contributed by atoms with Gasteiger partial charge in [-0.1, -0.05) is 6.42 Å². The molecule has 104 valence electrons. The number of hydrogen-bond donors (Lipinski definition) is 1. The van der Waals surface area contributed by atoms with Gasteiger partial charge in [-0.3, -0.25) is 9.48 Å². The second kappa shape index (κ2) is 5.45. The maximum Gasteiger partial charge on any atom is 0.251 e. The molecule has 0 saturated heterocycles. The highest BCUT2D eigenvalue weighted by Gasteiger charge is 2.17. The van der Waals surface area contributed by atoms with E-state index in [4.69, 9.17) is 0 Å². The van der Waals surface area contributed by atoms with Crippen LogP contribution in [0, 0.1) is 12.8 Å². The molecule has 1 saturated carbocycles. The number of H-pyrrole nitrogens is 1. The van der Waals surface area contributed by atoms with Gasteiger partial charge in [0.25, 0.3) is 5.56 Å². The van der Waals surface area contributed by atoms with Crippen molar-refractivity contribution in [3.05, 3.63) is 45.9 Å². The Hall–Kier alpha value is -2.17. The van der Waals surface area contributed by atoms with Crippen LogP contribution >= 0.6 is 0 Å². The highest BCUT2D eigenvalue weighted by molar-refractivity contribution is 5.65. The van der Waals surface area contributed by atoms with E-state index in [-0.39, 0.29) is 5.56 Å². The fourth-order valence-corrected chi connectivity index (χ4v) is 2.36. The number of aromatic nitrogens is 4. The normalized spacial score (nSPS) is 15.7. The average Bonchev–Trinajstić information content (AvgIpc) is 2.78. The van der Waals surface area contributed by atoms with E-state index in [2.05, 4.69) is 15.1 Å². The monoisotopic (exact) mass is 270 g/mol. The molecule has 1 N–H and O–H groups in total. The SMILES string of the molecule is Cc1cc(=O)[nH]c(/C=C/c2cnn(CC3CCC3)c2)n1. The minimum Gasteiger partial charge on any atom is -0.307 e. The molecule has 3 rings (SSSR count). The summed E-state index contributed by atoms with van der Waals surface area (Å²) in [6.45, 7) is 2.82. The van der Waals surface area contributed by atoms with E-state index in [1.807, 2.05) is 30.1 Å². The molecule has 0 unspecified atom stereocenters. The number of aryl methyl sites for hydroxylation is 1. The first-order valence-electron chi connectivity index (χ1n) is 6.97. The second-order valence-corrected chi connectivity index (χ2v) is 5.40. The average molecular weight is 270 g/mol. The fourth-order valence-electron chi connectivity index (χ4n) is 2.36. The number of hydrogen-bond acceptors (Lipinski definition) is 3. The van der Waals surface area contributed by atoms with Crippen molar-refractivity contribution in [1.29, 1.82) is 0 Å².